The van der Waals surface area contributed by atoms with Crippen molar-refractivity contribution in [1.29, 1.82) is 0 Å². The van der Waals surface area contributed by atoms with Crippen LogP contribution in [-0.2, 0) is 0 Å². The van der Waals surface area contributed by atoms with E-state index in [9.17, 15) is 20.0 Å². The van der Waals surface area contributed by atoms with Gasteiger partial charge in [-0.25, -0.2) is 0 Å². The number of rotatable bonds is 6. The number of carbonyl (C=O) groups excluding carboxylic acids is 1. The summed E-state index contributed by atoms with van der Waals surface area (Å²) in [6.45, 7) is 1.74. The van der Waals surface area contributed by atoms with Crippen LogP contribution < -0.4 is 5.32 Å². The average molecular weight is 304 g/mol. The maximum absolute atomic E-state index is 11.9. The van der Waals surface area contributed by atoms with E-state index in [-0.39, 0.29) is 11.8 Å². The van der Waals surface area contributed by atoms with Crippen molar-refractivity contribution < 1.29 is 19.2 Å². The van der Waals surface area contributed by atoms with Crippen molar-refractivity contribution in [2.24, 2.45) is 0 Å². The Bertz CT molecular complexity index is 653. The lowest BCUT2D eigenvalue weighted by Gasteiger charge is -2.17. The van der Waals surface area contributed by atoms with Gasteiger partial charge < -0.3 is 14.8 Å². The van der Waals surface area contributed by atoms with Crippen LogP contribution in [0.5, 0.6) is 0 Å². The first-order valence-electron chi connectivity index (χ1n) is 6.75. The quantitative estimate of drug-likeness (QED) is 0.629. The zero-order valence-corrected chi connectivity index (χ0v) is 11.9. The van der Waals surface area contributed by atoms with E-state index >= 15 is 0 Å². The Morgan fingerprint density at radius 1 is 1.32 bits per heavy atom. The Hall–Kier alpha value is -2.67. The Morgan fingerprint density at radius 2 is 2.00 bits per heavy atom. The van der Waals surface area contributed by atoms with Crippen molar-refractivity contribution in [2.75, 3.05) is 0 Å². The second kappa shape index (κ2) is 6.86. The molecule has 2 atom stereocenters. The van der Waals surface area contributed by atoms with E-state index in [1.54, 1.807) is 19.1 Å². The van der Waals surface area contributed by atoms with Gasteiger partial charge >= 0.3 is 5.88 Å². The van der Waals surface area contributed by atoms with Gasteiger partial charge in [0.05, 0.1) is 12.2 Å². The number of hydrogen-bond donors (Lipinski definition) is 2. The molecular weight excluding hydrogens is 288 g/mol. The van der Waals surface area contributed by atoms with E-state index < -0.39 is 22.8 Å². The number of benzene rings is 1. The minimum Gasteiger partial charge on any atom is -0.395 e. The highest BCUT2D eigenvalue weighted by molar-refractivity contribution is 5.91. The second-order valence-electron chi connectivity index (χ2n) is 4.93. The Morgan fingerprint density at radius 3 is 2.59 bits per heavy atom. The smallest absolute Gasteiger partial charge is 0.395 e. The highest BCUT2D eigenvalue weighted by Gasteiger charge is 2.20. The molecule has 0 saturated heterocycles. The summed E-state index contributed by atoms with van der Waals surface area (Å²) in [5.74, 6) is -1.17. The average Bonchev–Trinajstić information content (AvgIpc) is 2.98. The molecule has 1 amide bonds. The summed E-state index contributed by atoms with van der Waals surface area (Å²) in [6.07, 6.45) is -0.388. The standard InChI is InChI=1S/C15H16N2O5/c1-10(9-12(18)11-5-3-2-4-6-11)16-15(19)13-7-8-14(22-13)17(20)21/h2-8,10,12,18H,9H2,1H3,(H,16,19)/t10-,12-/m0/s1. The summed E-state index contributed by atoms with van der Waals surface area (Å²) >= 11 is 0. The van der Waals surface area contributed by atoms with E-state index in [4.69, 9.17) is 4.42 Å². The second-order valence-corrected chi connectivity index (χ2v) is 4.93. The highest BCUT2D eigenvalue weighted by atomic mass is 16.6. The number of aliphatic hydroxyl groups is 1. The minimum atomic E-state index is -0.709. The van der Waals surface area contributed by atoms with Crippen LogP contribution in [0.1, 0.15) is 35.6 Å². The van der Waals surface area contributed by atoms with Crippen molar-refractivity contribution in [2.45, 2.75) is 25.5 Å². The number of nitrogens with one attached hydrogen (secondary N) is 1. The third-order valence-corrected chi connectivity index (χ3v) is 3.13. The lowest BCUT2D eigenvalue weighted by molar-refractivity contribution is -0.402. The van der Waals surface area contributed by atoms with E-state index in [0.717, 1.165) is 11.6 Å². The van der Waals surface area contributed by atoms with Crippen molar-refractivity contribution >= 4 is 11.8 Å². The highest BCUT2D eigenvalue weighted by Crippen LogP contribution is 2.19. The fraction of sp³-hybridized carbons (Fsp3) is 0.267. The lowest BCUT2D eigenvalue weighted by Crippen LogP contribution is -2.33. The Kier molecular flexibility index (Phi) is 4.90. The number of nitrogens with zero attached hydrogens (tertiary/aromatic N) is 1. The molecule has 2 aromatic rings. The van der Waals surface area contributed by atoms with Gasteiger partial charge in [0.2, 0.25) is 0 Å². The minimum absolute atomic E-state index is 0.132. The molecule has 0 saturated carbocycles. The van der Waals surface area contributed by atoms with Crippen molar-refractivity contribution in [3.63, 3.8) is 0 Å². The number of amides is 1. The number of furan rings is 1. The van der Waals surface area contributed by atoms with Crippen LogP contribution in [0.4, 0.5) is 5.88 Å². The Balaban J connectivity index is 1.92. The van der Waals surface area contributed by atoms with Crippen molar-refractivity contribution in [1.82, 2.24) is 5.32 Å². The predicted octanol–water partition coefficient (Wildman–Crippen LogP) is 2.43. The largest absolute Gasteiger partial charge is 0.433 e. The Labute approximate surface area is 126 Å². The fourth-order valence-electron chi connectivity index (χ4n) is 2.05. The number of nitro groups is 1. The fourth-order valence-corrected chi connectivity index (χ4v) is 2.05. The molecule has 0 spiro atoms. The molecule has 1 aromatic carbocycles. The molecule has 0 aliphatic rings. The number of carbonyl (C=O) groups is 1. The summed E-state index contributed by atoms with van der Waals surface area (Å²) in [6, 6.07) is 11.1. The van der Waals surface area contributed by atoms with Crippen LogP contribution >= 0.6 is 0 Å². The maximum Gasteiger partial charge on any atom is 0.433 e. The first-order valence-corrected chi connectivity index (χ1v) is 6.75. The summed E-state index contributed by atoms with van der Waals surface area (Å²) in [7, 11) is 0. The van der Waals surface area contributed by atoms with E-state index in [0.29, 0.717) is 6.42 Å². The molecule has 1 heterocycles. The van der Waals surface area contributed by atoms with Gasteiger partial charge in [0, 0.05) is 6.04 Å². The zero-order valence-electron chi connectivity index (χ0n) is 11.9. The SMILES string of the molecule is C[C@@H](C[C@H](O)c1ccccc1)NC(=O)c1ccc([N+](=O)[O-])o1. The third kappa shape index (κ3) is 3.92. The number of aliphatic hydroxyl groups excluding tert-OH is 1. The maximum atomic E-state index is 11.9. The molecule has 2 rings (SSSR count). The molecule has 1 aromatic heterocycles. The van der Waals surface area contributed by atoms with Crippen LogP contribution in [0, 0.1) is 10.1 Å². The van der Waals surface area contributed by atoms with E-state index in [2.05, 4.69) is 5.32 Å². The zero-order chi connectivity index (χ0) is 16.1. The topological polar surface area (TPSA) is 106 Å². The van der Waals surface area contributed by atoms with Crippen LogP contribution in [0.3, 0.4) is 0 Å². The van der Waals surface area contributed by atoms with Crippen LogP contribution in [-0.4, -0.2) is 22.0 Å². The molecule has 7 heteroatoms. The normalized spacial score (nSPS) is 13.4. The van der Waals surface area contributed by atoms with Crippen molar-refractivity contribution in [3.8, 4) is 0 Å². The predicted molar refractivity (Wildman–Crippen MR) is 78.3 cm³/mol. The van der Waals surface area contributed by atoms with Gasteiger partial charge in [0.15, 0.2) is 5.76 Å². The van der Waals surface area contributed by atoms with Gasteiger partial charge in [-0.05, 0) is 25.0 Å². The number of hydrogen-bond acceptors (Lipinski definition) is 5. The summed E-state index contributed by atoms with van der Waals surface area (Å²) in [5, 5.41) is 23.2. The summed E-state index contributed by atoms with van der Waals surface area (Å²) in [4.78, 5) is 21.7. The molecule has 0 aliphatic carbocycles. The van der Waals surface area contributed by atoms with E-state index in [1.807, 2.05) is 18.2 Å². The lowest BCUT2D eigenvalue weighted by atomic mass is 10.0. The molecular formula is C15H16N2O5. The van der Waals surface area contributed by atoms with Gasteiger partial charge in [0.25, 0.3) is 5.91 Å². The van der Waals surface area contributed by atoms with Gasteiger partial charge in [0.1, 0.15) is 4.92 Å². The molecule has 0 bridgehead atoms. The van der Waals surface area contributed by atoms with Crippen LogP contribution in [0.25, 0.3) is 0 Å². The molecule has 116 valence electrons. The molecule has 0 unspecified atom stereocenters. The van der Waals surface area contributed by atoms with Gasteiger partial charge in [-0.15, -0.1) is 0 Å². The van der Waals surface area contributed by atoms with Gasteiger partial charge in [-0.3, -0.25) is 14.9 Å². The summed E-state index contributed by atoms with van der Waals surface area (Å²) < 4.78 is 4.82. The van der Waals surface area contributed by atoms with E-state index in [1.165, 1.54) is 6.07 Å². The molecule has 2 N–H and O–H groups in total. The first kappa shape index (κ1) is 15.7. The van der Waals surface area contributed by atoms with Crippen LogP contribution in [0.15, 0.2) is 46.9 Å². The van der Waals surface area contributed by atoms with Gasteiger partial charge in [-0.2, -0.15) is 0 Å². The molecule has 7 nitrogen and oxygen atoms in total. The first-order chi connectivity index (χ1) is 10.5. The molecule has 22 heavy (non-hydrogen) atoms. The molecule has 0 aliphatic heterocycles. The van der Waals surface area contributed by atoms with Crippen LogP contribution in [0.2, 0.25) is 0 Å². The molecule has 0 fully saturated rings. The molecule has 0 radical (unpaired) electrons. The summed E-state index contributed by atoms with van der Waals surface area (Å²) in [5.41, 5.74) is 0.761. The monoisotopic (exact) mass is 304 g/mol. The third-order valence-electron chi connectivity index (χ3n) is 3.13. The van der Waals surface area contributed by atoms with Gasteiger partial charge in [-0.1, -0.05) is 30.3 Å². The van der Waals surface area contributed by atoms with Crippen molar-refractivity contribution in [3.05, 3.63) is 63.9 Å².